The third kappa shape index (κ3) is 4.61. The van der Waals surface area contributed by atoms with Crippen molar-refractivity contribution >= 4 is 23.6 Å². The number of carbonyl (C=O) groups is 2. The summed E-state index contributed by atoms with van der Waals surface area (Å²) in [6, 6.07) is 16.4. The smallest absolute Gasteiger partial charge is 0.329 e. The lowest BCUT2D eigenvalue weighted by atomic mass is 9.99. The molecule has 1 N–H and O–H groups in total. The molecule has 24 heavy (non-hydrogen) atoms. The monoisotopic (exact) mass is 343 g/mol. The average molecular weight is 343 g/mol. The molecule has 0 radical (unpaired) electrons. The predicted molar refractivity (Wildman–Crippen MR) is 98.1 cm³/mol. The van der Waals surface area contributed by atoms with Crippen molar-refractivity contribution in [2.75, 3.05) is 18.6 Å². The van der Waals surface area contributed by atoms with Crippen molar-refractivity contribution in [2.24, 2.45) is 0 Å². The molecule has 0 saturated carbocycles. The van der Waals surface area contributed by atoms with E-state index in [9.17, 15) is 9.59 Å². The highest BCUT2D eigenvalue weighted by molar-refractivity contribution is 7.98. The first-order valence-electron chi connectivity index (χ1n) is 7.78. The van der Waals surface area contributed by atoms with Gasteiger partial charge in [0.2, 0.25) is 0 Å². The second-order valence-electron chi connectivity index (χ2n) is 5.15. The van der Waals surface area contributed by atoms with Gasteiger partial charge < -0.3 is 10.1 Å². The quantitative estimate of drug-likeness (QED) is 0.783. The maximum absolute atomic E-state index is 12.7. The first-order chi connectivity index (χ1) is 11.7. The molecule has 0 aliphatic heterocycles. The summed E-state index contributed by atoms with van der Waals surface area (Å²) in [6.07, 6.45) is 1.89. The average Bonchev–Trinajstić information content (AvgIpc) is 2.62. The Balaban J connectivity index is 2.25. The zero-order chi connectivity index (χ0) is 17.4. The molecule has 0 fully saturated rings. The van der Waals surface area contributed by atoms with Gasteiger partial charge in [-0.05, 0) is 30.4 Å². The minimum atomic E-state index is -0.656. The molecule has 1 atom stereocenters. The van der Waals surface area contributed by atoms with E-state index in [4.69, 9.17) is 4.74 Å². The largest absolute Gasteiger partial charge is 0.464 e. The van der Waals surface area contributed by atoms with Crippen LogP contribution in [-0.2, 0) is 9.53 Å². The first-order valence-corrected chi connectivity index (χ1v) is 9.17. The molecule has 0 unspecified atom stereocenters. The van der Waals surface area contributed by atoms with Crippen LogP contribution < -0.4 is 5.32 Å². The van der Waals surface area contributed by atoms with Gasteiger partial charge in [0, 0.05) is 11.3 Å². The lowest BCUT2D eigenvalue weighted by Crippen LogP contribution is -2.43. The molecule has 2 rings (SSSR count). The number of hydrogen-bond donors (Lipinski definition) is 1. The van der Waals surface area contributed by atoms with Crippen LogP contribution >= 0.6 is 11.8 Å². The second-order valence-corrected chi connectivity index (χ2v) is 6.06. The molecule has 0 heterocycles. The van der Waals surface area contributed by atoms with Crippen molar-refractivity contribution in [3.8, 4) is 11.1 Å². The van der Waals surface area contributed by atoms with Crippen LogP contribution in [0.3, 0.4) is 0 Å². The molecular formula is C19H21NO3S. The molecule has 0 aromatic heterocycles. The summed E-state index contributed by atoms with van der Waals surface area (Å²) in [4.78, 5) is 24.7. The Morgan fingerprint density at radius 1 is 1.08 bits per heavy atom. The minimum Gasteiger partial charge on any atom is -0.464 e. The zero-order valence-corrected chi connectivity index (χ0v) is 14.6. The Morgan fingerprint density at radius 2 is 1.75 bits per heavy atom. The van der Waals surface area contributed by atoms with Crippen molar-refractivity contribution in [1.29, 1.82) is 0 Å². The maximum atomic E-state index is 12.7. The van der Waals surface area contributed by atoms with Crippen LogP contribution in [0.2, 0.25) is 0 Å². The molecule has 0 bridgehead atoms. The first kappa shape index (κ1) is 18.1. The third-order valence-corrected chi connectivity index (χ3v) is 4.13. The molecular weight excluding hydrogens is 322 g/mol. The number of hydrogen-bond acceptors (Lipinski definition) is 4. The van der Waals surface area contributed by atoms with E-state index in [1.54, 1.807) is 13.0 Å². The van der Waals surface area contributed by atoms with Gasteiger partial charge in [0.05, 0.1) is 6.61 Å². The van der Waals surface area contributed by atoms with Crippen LogP contribution in [0.15, 0.2) is 54.6 Å². The van der Waals surface area contributed by atoms with E-state index in [1.165, 1.54) is 11.8 Å². The summed E-state index contributed by atoms with van der Waals surface area (Å²) < 4.78 is 5.04. The fourth-order valence-corrected chi connectivity index (χ4v) is 2.92. The standard InChI is InChI=1S/C19H21NO3S/c1-3-23-19(22)17(13-24-2)20-18(21)16-12-8-7-11-15(16)14-9-5-4-6-10-14/h4-12,17H,3,13H2,1-2H3,(H,20,21)/t17-/m0/s1. The van der Waals surface area contributed by atoms with E-state index in [0.29, 0.717) is 17.9 Å². The molecule has 4 nitrogen and oxygen atoms in total. The number of thioether (sulfide) groups is 1. The Labute approximate surface area is 146 Å². The van der Waals surface area contributed by atoms with Gasteiger partial charge in [-0.25, -0.2) is 4.79 Å². The van der Waals surface area contributed by atoms with Crippen LogP contribution in [-0.4, -0.2) is 36.5 Å². The van der Waals surface area contributed by atoms with Crippen LogP contribution in [0.4, 0.5) is 0 Å². The molecule has 1 amide bonds. The zero-order valence-electron chi connectivity index (χ0n) is 13.8. The summed E-state index contributed by atoms with van der Waals surface area (Å²) in [5, 5.41) is 2.79. The Hall–Kier alpha value is -2.27. The maximum Gasteiger partial charge on any atom is 0.329 e. The summed E-state index contributed by atoms with van der Waals surface area (Å²) in [7, 11) is 0. The highest BCUT2D eigenvalue weighted by Crippen LogP contribution is 2.23. The van der Waals surface area contributed by atoms with Crippen molar-refractivity contribution in [3.63, 3.8) is 0 Å². The Bertz CT molecular complexity index is 688. The molecule has 2 aromatic rings. The van der Waals surface area contributed by atoms with Crippen LogP contribution in [0.1, 0.15) is 17.3 Å². The molecule has 0 aliphatic rings. The fourth-order valence-electron chi connectivity index (χ4n) is 2.36. The van der Waals surface area contributed by atoms with E-state index in [1.807, 2.05) is 54.8 Å². The fraction of sp³-hybridized carbons (Fsp3) is 0.263. The molecule has 126 valence electrons. The summed E-state index contributed by atoms with van der Waals surface area (Å²) in [6.45, 7) is 2.04. The summed E-state index contributed by atoms with van der Waals surface area (Å²) in [5.74, 6) is -0.211. The summed E-state index contributed by atoms with van der Waals surface area (Å²) >= 11 is 1.49. The number of esters is 1. The minimum absolute atomic E-state index is 0.276. The number of ether oxygens (including phenoxy) is 1. The highest BCUT2D eigenvalue weighted by atomic mass is 32.2. The van der Waals surface area contributed by atoms with E-state index in [2.05, 4.69) is 5.32 Å². The van der Waals surface area contributed by atoms with Crippen molar-refractivity contribution in [1.82, 2.24) is 5.32 Å². The lowest BCUT2D eigenvalue weighted by molar-refractivity contribution is -0.144. The number of nitrogens with one attached hydrogen (secondary N) is 1. The number of rotatable bonds is 7. The number of carbonyl (C=O) groups excluding carboxylic acids is 2. The Kier molecular flexibility index (Phi) is 6.88. The molecule has 0 spiro atoms. The molecule has 2 aromatic carbocycles. The van der Waals surface area contributed by atoms with E-state index < -0.39 is 12.0 Å². The summed E-state index contributed by atoms with van der Waals surface area (Å²) in [5.41, 5.74) is 2.34. The number of benzene rings is 2. The Morgan fingerprint density at radius 3 is 2.42 bits per heavy atom. The second kappa shape index (κ2) is 9.13. The van der Waals surface area contributed by atoms with E-state index >= 15 is 0 Å². The van der Waals surface area contributed by atoms with Gasteiger partial charge in [0.25, 0.3) is 5.91 Å². The van der Waals surface area contributed by atoms with E-state index in [-0.39, 0.29) is 5.91 Å². The van der Waals surface area contributed by atoms with Gasteiger partial charge in [-0.2, -0.15) is 11.8 Å². The third-order valence-electron chi connectivity index (χ3n) is 3.47. The topological polar surface area (TPSA) is 55.4 Å². The molecule has 5 heteroatoms. The molecule has 0 aliphatic carbocycles. The SMILES string of the molecule is CCOC(=O)[C@H](CSC)NC(=O)c1ccccc1-c1ccccc1. The normalized spacial score (nSPS) is 11.6. The van der Waals surface area contributed by atoms with Gasteiger partial charge in [-0.1, -0.05) is 48.5 Å². The van der Waals surface area contributed by atoms with Gasteiger partial charge in [0.15, 0.2) is 0 Å². The van der Waals surface area contributed by atoms with Crippen LogP contribution in [0.5, 0.6) is 0 Å². The van der Waals surface area contributed by atoms with Gasteiger partial charge in [-0.15, -0.1) is 0 Å². The van der Waals surface area contributed by atoms with Crippen molar-refractivity contribution in [2.45, 2.75) is 13.0 Å². The predicted octanol–water partition coefficient (Wildman–Crippen LogP) is 3.38. The van der Waals surface area contributed by atoms with Crippen LogP contribution in [0.25, 0.3) is 11.1 Å². The van der Waals surface area contributed by atoms with Gasteiger partial charge in [-0.3, -0.25) is 4.79 Å². The number of amides is 1. The molecule has 0 saturated heterocycles. The van der Waals surface area contributed by atoms with Crippen molar-refractivity contribution < 1.29 is 14.3 Å². The lowest BCUT2D eigenvalue weighted by Gasteiger charge is -2.17. The van der Waals surface area contributed by atoms with Gasteiger partial charge in [0.1, 0.15) is 6.04 Å². The van der Waals surface area contributed by atoms with Crippen molar-refractivity contribution in [3.05, 3.63) is 60.2 Å². The van der Waals surface area contributed by atoms with E-state index in [0.717, 1.165) is 11.1 Å². The van der Waals surface area contributed by atoms with Crippen LogP contribution in [0, 0.1) is 0 Å². The highest BCUT2D eigenvalue weighted by Gasteiger charge is 2.23. The van der Waals surface area contributed by atoms with Gasteiger partial charge >= 0.3 is 5.97 Å².